The van der Waals surface area contributed by atoms with Gasteiger partial charge in [-0.25, -0.2) is 0 Å². The van der Waals surface area contributed by atoms with E-state index in [4.69, 9.17) is 0 Å². The summed E-state index contributed by atoms with van der Waals surface area (Å²) >= 11 is 0. The van der Waals surface area contributed by atoms with Crippen molar-refractivity contribution in [3.8, 4) is 11.5 Å². The molecule has 2 aliphatic carbocycles. The molecule has 0 bridgehead atoms. The Kier molecular flexibility index (Phi) is 10.3. The van der Waals surface area contributed by atoms with Gasteiger partial charge in [0.1, 0.15) is 11.5 Å². The first kappa shape index (κ1) is 34.5. The van der Waals surface area contributed by atoms with Gasteiger partial charge in [-0.2, -0.15) is 0 Å². The van der Waals surface area contributed by atoms with Crippen LogP contribution >= 0.6 is 0 Å². The van der Waals surface area contributed by atoms with Crippen molar-refractivity contribution in [3.05, 3.63) is 92.1 Å². The Morgan fingerprint density at radius 2 is 0.744 bits per heavy atom. The summed E-state index contributed by atoms with van der Waals surface area (Å²) in [5.41, 5.74) is 12.7. The third-order valence-electron chi connectivity index (χ3n) is 8.79. The SMILES string of the molecule is CC(C)C1=CC(=C2C(c3cc(C(C)C)c(O)c(C(C)C)c3)=C2c2cc(C(C)C)c(O)c(C(C)C)c2)C=C(C(C)C)C1=[OH+].[Cl-]. The van der Waals surface area contributed by atoms with Crippen LogP contribution in [0.4, 0.5) is 0 Å². The molecule has 2 aliphatic rings. The lowest BCUT2D eigenvalue weighted by Crippen LogP contribution is -3.00. The molecule has 0 aromatic heterocycles. The number of ketones is 1. The van der Waals surface area contributed by atoms with Crippen molar-refractivity contribution >= 4 is 16.9 Å². The van der Waals surface area contributed by atoms with Gasteiger partial charge in [-0.05, 0) is 128 Å². The number of phenolic OH excluding ortho intramolecular Hbond substituents is 2. The number of carbonyl (C=O) groups excluding carboxylic acids is 1. The molecule has 2 aromatic rings. The molecule has 3 N–H and O–H groups in total. The standard InChI is InChI=1S/C39H50O3.ClH/c1-19(2)28-13-25(14-29(20(3)4)37(28)40)34-35(26-15-30(21(5)6)38(41)31(16-26)22(7)8)36(34)27-17-32(23(9)10)39(42)33(18-27)24(11)12;/h13-24,40-41H,1-12H3;1H. The summed E-state index contributed by atoms with van der Waals surface area (Å²) in [7, 11) is 0. The Bertz CT molecular complexity index is 1390. The third-order valence-corrected chi connectivity index (χ3v) is 8.79. The summed E-state index contributed by atoms with van der Waals surface area (Å²) in [4.78, 5) is 11.2. The minimum atomic E-state index is 0. The minimum absolute atomic E-state index is 0. The number of allylic oxidation sites excluding steroid dienone is 8. The molecule has 0 saturated carbocycles. The van der Waals surface area contributed by atoms with Crippen molar-refractivity contribution < 1.29 is 27.4 Å². The quantitative estimate of drug-likeness (QED) is 0.307. The summed E-state index contributed by atoms with van der Waals surface area (Å²) in [5.74, 6) is 2.26. The molecular weight excluding hydrogens is 552 g/mol. The van der Waals surface area contributed by atoms with Gasteiger partial charge in [0.25, 0.3) is 0 Å². The molecule has 0 saturated heterocycles. The maximum Gasteiger partial charge on any atom is 0.346 e. The van der Waals surface area contributed by atoms with E-state index in [0.29, 0.717) is 17.3 Å². The molecule has 4 rings (SSSR count). The van der Waals surface area contributed by atoms with Gasteiger partial charge < -0.3 is 22.6 Å². The Balaban J connectivity index is 0.00000506. The van der Waals surface area contributed by atoms with Crippen molar-refractivity contribution in [1.82, 2.24) is 0 Å². The van der Waals surface area contributed by atoms with Crippen molar-refractivity contribution in [2.75, 3.05) is 0 Å². The van der Waals surface area contributed by atoms with Crippen LogP contribution in [-0.4, -0.2) is 20.8 Å². The Morgan fingerprint density at radius 3 is 0.977 bits per heavy atom. The van der Waals surface area contributed by atoms with Gasteiger partial charge in [-0.3, -0.25) is 4.79 Å². The molecule has 0 amide bonds. The highest BCUT2D eigenvalue weighted by atomic mass is 35.5. The van der Waals surface area contributed by atoms with E-state index in [1.165, 1.54) is 16.7 Å². The monoisotopic (exact) mass is 602 g/mol. The van der Waals surface area contributed by atoms with Crippen LogP contribution in [0.25, 0.3) is 11.1 Å². The van der Waals surface area contributed by atoms with Gasteiger partial charge in [0.15, 0.2) is 0 Å². The minimum Gasteiger partial charge on any atom is -1.00 e. The van der Waals surface area contributed by atoms with Crippen LogP contribution in [0.2, 0.25) is 0 Å². The van der Waals surface area contributed by atoms with E-state index in [1.54, 1.807) is 0 Å². The lowest BCUT2D eigenvalue weighted by Gasteiger charge is -2.18. The molecule has 232 valence electrons. The van der Waals surface area contributed by atoms with E-state index >= 15 is 0 Å². The van der Waals surface area contributed by atoms with Crippen LogP contribution in [0.1, 0.15) is 140 Å². The second-order valence-corrected chi connectivity index (χ2v) is 14.1. The molecular formula is C39H51ClO3. The lowest BCUT2D eigenvalue weighted by atomic mass is 9.82. The van der Waals surface area contributed by atoms with Crippen molar-refractivity contribution in [2.45, 2.75) is 107 Å². The molecule has 4 heteroatoms. The van der Waals surface area contributed by atoms with Crippen molar-refractivity contribution in [3.63, 3.8) is 0 Å². The molecule has 0 aliphatic heterocycles. The average Bonchev–Trinajstić information content (AvgIpc) is 3.63. The normalized spacial score (nSPS) is 15.4. The first-order valence-corrected chi connectivity index (χ1v) is 15.8. The van der Waals surface area contributed by atoms with E-state index in [1.807, 2.05) is 0 Å². The third kappa shape index (κ3) is 6.43. The highest BCUT2D eigenvalue weighted by Crippen LogP contribution is 2.57. The lowest BCUT2D eigenvalue weighted by molar-refractivity contribution is -0.0000122. The molecule has 0 atom stereocenters. The molecule has 43 heavy (non-hydrogen) atoms. The van der Waals surface area contributed by atoms with Crippen LogP contribution in [0.5, 0.6) is 11.5 Å². The van der Waals surface area contributed by atoms with Crippen molar-refractivity contribution in [2.24, 2.45) is 11.8 Å². The smallest absolute Gasteiger partial charge is 0.346 e. The summed E-state index contributed by atoms with van der Waals surface area (Å²) in [5, 5.41) is 22.4. The van der Waals surface area contributed by atoms with Gasteiger partial charge in [0.2, 0.25) is 0 Å². The fourth-order valence-electron chi connectivity index (χ4n) is 6.17. The molecule has 0 spiro atoms. The maximum atomic E-state index is 11.2. The number of hydrogen-bond donors (Lipinski definition) is 2. The van der Waals surface area contributed by atoms with Gasteiger partial charge in [0.05, 0.1) is 11.1 Å². The number of rotatable bonds is 8. The molecule has 2 aromatic carbocycles. The van der Waals surface area contributed by atoms with Crippen LogP contribution in [-0.2, 0) is 0 Å². The Morgan fingerprint density at radius 1 is 0.465 bits per heavy atom. The predicted octanol–water partition coefficient (Wildman–Crippen LogP) is 7.54. The number of aromatic hydroxyl groups is 2. The fourth-order valence-corrected chi connectivity index (χ4v) is 6.17. The predicted molar refractivity (Wildman–Crippen MR) is 179 cm³/mol. The molecule has 0 fully saturated rings. The average molecular weight is 603 g/mol. The maximum absolute atomic E-state index is 11.2. The Hall–Kier alpha value is -3.04. The molecule has 0 radical (unpaired) electrons. The molecule has 0 unspecified atom stereocenters. The number of hydrogen-bond acceptors (Lipinski definition) is 2. The molecule has 3 nitrogen and oxygen atoms in total. The molecule has 0 heterocycles. The highest BCUT2D eigenvalue weighted by molar-refractivity contribution is 6.28. The second-order valence-electron chi connectivity index (χ2n) is 14.1. The van der Waals surface area contributed by atoms with Crippen LogP contribution in [0, 0.1) is 11.8 Å². The van der Waals surface area contributed by atoms with Crippen molar-refractivity contribution in [1.29, 1.82) is 0 Å². The zero-order valence-corrected chi connectivity index (χ0v) is 28.9. The second kappa shape index (κ2) is 12.9. The largest absolute Gasteiger partial charge is 1.00 e. The zero-order chi connectivity index (χ0) is 31.4. The summed E-state index contributed by atoms with van der Waals surface area (Å²) < 4.78 is 0. The van der Waals surface area contributed by atoms with E-state index in [-0.39, 0.29) is 47.9 Å². The van der Waals surface area contributed by atoms with Crippen LogP contribution in [0.15, 0.2) is 58.7 Å². The van der Waals surface area contributed by atoms with E-state index in [9.17, 15) is 15.0 Å². The topological polar surface area (TPSA) is 61.9 Å². The van der Waals surface area contributed by atoms with E-state index < -0.39 is 0 Å². The summed E-state index contributed by atoms with van der Waals surface area (Å²) in [6, 6.07) is 8.64. The number of phenols is 2. The van der Waals surface area contributed by atoms with Gasteiger partial charge in [-0.1, -0.05) is 83.1 Å². The first-order valence-electron chi connectivity index (χ1n) is 15.8. The number of benzene rings is 2. The van der Waals surface area contributed by atoms with Crippen LogP contribution in [0.3, 0.4) is 0 Å². The summed E-state index contributed by atoms with van der Waals surface area (Å²) in [6.07, 6.45) is 4.32. The zero-order valence-electron chi connectivity index (χ0n) is 28.1. The Labute approximate surface area is 265 Å². The van der Waals surface area contributed by atoms with E-state index in [2.05, 4.69) is 120 Å². The van der Waals surface area contributed by atoms with Gasteiger partial charge in [-0.15, -0.1) is 0 Å². The van der Waals surface area contributed by atoms with E-state index in [0.717, 1.165) is 50.1 Å². The van der Waals surface area contributed by atoms with Gasteiger partial charge in [0, 0.05) is 0 Å². The first-order chi connectivity index (χ1) is 19.6. The number of halogens is 1. The summed E-state index contributed by atoms with van der Waals surface area (Å²) in [6.45, 7) is 25.5. The highest BCUT2D eigenvalue weighted by Gasteiger charge is 2.39. The fraction of sp³-hybridized carbons (Fsp3) is 0.462. The van der Waals surface area contributed by atoms with Gasteiger partial charge >= 0.3 is 5.78 Å². The van der Waals surface area contributed by atoms with Crippen LogP contribution < -0.4 is 12.4 Å².